The molecule has 1 aliphatic heterocycles. The first-order valence-electron chi connectivity index (χ1n) is 9.36. The molecule has 2 N–H and O–H groups in total. The molecular formula is C20H30N4O. The Balaban J connectivity index is 1.58. The van der Waals surface area contributed by atoms with Gasteiger partial charge in [-0.05, 0) is 63.9 Å². The first kappa shape index (κ1) is 18.0. The number of aliphatic hydroxyl groups excluding tert-OH is 1. The Morgan fingerprint density at radius 3 is 2.72 bits per heavy atom. The summed E-state index contributed by atoms with van der Waals surface area (Å²) >= 11 is 0. The van der Waals surface area contributed by atoms with E-state index in [1.54, 1.807) is 0 Å². The number of likely N-dealkylation sites (tertiary alicyclic amines) is 1. The highest BCUT2D eigenvalue weighted by Gasteiger charge is 2.12. The molecule has 0 atom stereocenters. The fraction of sp³-hybridized carbons (Fsp3) is 0.550. The van der Waals surface area contributed by atoms with Crippen LogP contribution < -0.4 is 5.32 Å². The Bertz CT molecular complexity index is 689. The van der Waals surface area contributed by atoms with Crippen molar-refractivity contribution in [3.8, 4) is 0 Å². The van der Waals surface area contributed by atoms with E-state index >= 15 is 0 Å². The van der Waals surface area contributed by atoms with Crippen LogP contribution in [0.2, 0.25) is 0 Å². The number of hydrogen-bond donors (Lipinski definition) is 2. The molecule has 1 saturated heterocycles. The second-order valence-corrected chi connectivity index (χ2v) is 6.95. The molecule has 1 aliphatic rings. The smallest absolute Gasteiger partial charge is 0.0646 e. The van der Waals surface area contributed by atoms with E-state index < -0.39 is 0 Å². The highest BCUT2D eigenvalue weighted by atomic mass is 16.3. The Morgan fingerprint density at radius 2 is 1.96 bits per heavy atom. The Labute approximate surface area is 150 Å². The van der Waals surface area contributed by atoms with Gasteiger partial charge in [-0.1, -0.05) is 12.1 Å². The van der Waals surface area contributed by atoms with Crippen molar-refractivity contribution in [1.82, 2.24) is 14.7 Å². The van der Waals surface area contributed by atoms with Crippen LogP contribution in [0.4, 0.5) is 5.69 Å². The molecule has 5 nitrogen and oxygen atoms in total. The van der Waals surface area contributed by atoms with Crippen LogP contribution in [0.1, 0.15) is 35.4 Å². The lowest BCUT2D eigenvalue weighted by Crippen LogP contribution is -2.21. The average molecular weight is 342 g/mol. The predicted molar refractivity (Wildman–Crippen MR) is 102 cm³/mol. The monoisotopic (exact) mass is 342 g/mol. The van der Waals surface area contributed by atoms with Gasteiger partial charge in [0, 0.05) is 30.0 Å². The third-order valence-corrected chi connectivity index (χ3v) is 5.15. The summed E-state index contributed by atoms with van der Waals surface area (Å²) in [6.07, 6.45) is 3.82. The summed E-state index contributed by atoms with van der Waals surface area (Å²) in [6, 6.07) is 8.74. The fourth-order valence-electron chi connectivity index (χ4n) is 3.62. The van der Waals surface area contributed by atoms with Crippen LogP contribution in [-0.4, -0.2) is 46.0 Å². The lowest BCUT2D eigenvalue weighted by Gasteiger charge is -2.15. The van der Waals surface area contributed by atoms with Crippen molar-refractivity contribution in [2.75, 3.05) is 31.6 Å². The number of aryl methyl sites for hydroxylation is 1. The van der Waals surface area contributed by atoms with E-state index in [2.05, 4.69) is 46.5 Å². The zero-order chi connectivity index (χ0) is 17.6. The standard InChI is InChI=1S/C20H30N4O/c1-16-20(17(2)24(22-16)12-13-25)15-21-19-7-5-6-18(14-19)8-11-23-9-3-4-10-23/h5-7,14,21,25H,3-4,8-13,15H2,1-2H3. The van der Waals surface area contributed by atoms with Crippen LogP contribution in [0.25, 0.3) is 0 Å². The van der Waals surface area contributed by atoms with Gasteiger partial charge in [0.15, 0.2) is 0 Å². The van der Waals surface area contributed by atoms with E-state index in [4.69, 9.17) is 5.11 Å². The molecule has 0 saturated carbocycles. The maximum absolute atomic E-state index is 9.13. The minimum absolute atomic E-state index is 0.119. The number of rotatable bonds is 8. The van der Waals surface area contributed by atoms with Crippen LogP contribution in [0.5, 0.6) is 0 Å². The summed E-state index contributed by atoms with van der Waals surface area (Å²) in [5.74, 6) is 0. The molecular weight excluding hydrogens is 312 g/mol. The van der Waals surface area contributed by atoms with E-state index in [1.165, 1.54) is 37.1 Å². The maximum atomic E-state index is 9.13. The van der Waals surface area contributed by atoms with Gasteiger partial charge >= 0.3 is 0 Å². The number of nitrogens with zero attached hydrogens (tertiary/aromatic N) is 3. The Morgan fingerprint density at radius 1 is 1.16 bits per heavy atom. The summed E-state index contributed by atoms with van der Waals surface area (Å²) in [6.45, 7) is 9.22. The van der Waals surface area contributed by atoms with Crippen molar-refractivity contribution in [1.29, 1.82) is 0 Å². The molecule has 0 spiro atoms. The lowest BCUT2D eigenvalue weighted by molar-refractivity contribution is 0.268. The first-order chi connectivity index (χ1) is 12.2. The maximum Gasteiger partial charge on any atom is 0.0646 e. The van der Waals surface area contributed by atoms with Gasteiger partial charge in [-0.2, -0.15) is 5.10 Å². The van der Waals surface area contributed by atoms with E-state index in [0.717, 1.165) is 36.6 Å². The molecule has 25 heavy (non-hydrogen) atoms. The summed E-state index contributed by atoms with van der Waals surface area (Å²) in [7, 11) is 0. The molecule has 0 aliphatic carbocycles. The van der Waals surface area contributed by atoms with Gasteiger partial charge in [0.2, 0.25) is 0 Å². The molecule has 1 fully saturated rings. The van der Waals surface area contributed by atoms with Gasteiger partial charge in [0.1, 0.15) is 0 Å². The number of aliphatic hydroxyl groups is 1. The van der Waals surface area contributed by atoms with Crippen LogP contribution in [0.3, 0.4) is 0 Å². The van der Waals surface area contributed by atoms with Gasteiger partial charge in [0.05, 0.1) is 18.8 Å². The molecule has 1 aromatic heterocycles. The largest absolute Gasteiger partial charge is 0.394 e. The topological polar surface area (TPSA) is 53.3 Å². The highest BCUT2D eigenvalue weighted by Crippen LogP contribution is 2.18. The molecule has 0 amide bonds. The molecule has 2 aromatic rings. The zero-order valence-electron chi connectivity index (χ0n) is 15.5. The number of benzene rings is 1. The molecule has 0 bridgehead atoms. The van der Waals surface area contributed by atoms with Gasteiger partial charge in [-0.3, -0.25) is 4.68 Å². The fourth-order valence-corrected chi connectivity index (χ4v) is 3.62. The molecule has 136 valence electrons. The first-order valence-corrected chi connectivity index (χ1v) is 9.36. The summed E-state index contributed by atoms with van der Waals surface area (Å²) in [4.78, 5) is 2.56. The molecule has 5 heteroatoms. The number of anilines is 1. The van der Waals surface area contributed by atoms with Gasteiger partial charge < -0.3 is 15.3 Å². The molecule has 0 unspecified atom stereocenters. The SMILES string of the molecule is Cc1nn(CCO)c(C)c1CNc1cccc(CCN2CCCC2)c1. The number of aromatic nitrogens is 2. The van der Waals surface area contributed by atoms with Crippen molar-refractivity contribution >= 4 is 5.69 Å². The number of hydrogen-bond acceptors (Lipinski definition) is 4. The van der Waals surface area contributed by atoms with Crippen molar-refractivity contribution in [3.05, 3.63) is 46.8 Å². The average Bonchev–Trinajstić information content (AvgIpc) is 3.21. The van der Waals surface area contributed by atoms with Crippen molar-refractivity contribution < 1.29 is 5.11 Å². The quantitative estimate of drug-likeness (QED) is 0.774. The van der Waals surface area contributed by atoms with Crippen LogP contribution in [0.15, 0.2) is 24.3 Å². The van der Waals surface area contributed by atoms with Gasteiger partial charge in [-0.15, -0.1) is 0 Å². The third-order valence-electron chi connectivity index (χ3n) is 5.15. The van der Waals surface area contributed by atoms with Gasteiger partial charge in [0.25, 0.3) is 0 Å². The van der Waals surface area contributed by atoms with Crippen LogP contribution in [0, 0.1) is 13.8 Å². The molecule has 0 radical (unpaired) electrons. The number of nitrogens with one attached hydrogen (secondary N) is 1. The Kier molecular flexibility index (Phi) is 6.10. The highest BCUT2D eigenvalue weighted by molar-refractivity contribution is 5.47. The second-order valence-electron chi connectivity index (χ2n) is 6.95. The van der Waals surface area contributed by atoms with Crippen molar-refractivity contribution in [2.45, 2.75) is 46.2 Å². The zero-order valence-corrected chi connectivity index (χ0v) is 15.5. The van der Waals surface area contributed by atoms with E-state index in [0.29, 0.717) is 6.54 Å². The predicted octanol–water partition coefficient (Wildman–Crippen LogP) is 2.74. The Hall–Kier alpha value is -1.85. The van der Waals surface area contributed by atoms with E-state index in [1.807, 2.05) is 11.6 Å². The lowest BCUT2D eigenvalue weighted by atomic mass is 10.1. The second kappa shape index (κ2) is 8.50. The van der Waals surface area contributed by atoms with Crippen LogP contribution >= 0.6 is 0 Å². The van der Waals surface area contributed by atoms with Crippen molar-refractivity contribution in [3.63, 3.8) is 0 Å². The minimum Gasteiger partial charge on any atom is -0.394 e. The molecule has 2 heterocycles. The van der Waals surface area contributed by atoms with E-state index in [-0.39, 0.29) is 6.61 Å². The molecule has 1 aromatic carbocycles. The minimum atomic E-state index is 0.119. The summed E-state index contributed by atoms with van der Waals surface area (Å²) in [5.41, 5.74) is 5.93. The summed E-state index contributed by atoms with van der Waals surface area (Å²) < 4.78 is 1.89. The normalized spacial score (nSPS) is 15.0. The third kappa shape index (κ3) is 4.61. The summed E-state index contributed by atoms with van der Waals surface area (Å²) in [5, 5.41) is 17.2. The van der Waals surface area contributed by atoms with Crippen molar-refractivity contribution in [2.24, 2.45) is 0 Å². The van der Waals surface area contributed by atoms with Crippen LogP contribution in [-0.2, 0) is 19.5 Å². The van der Waals surface area contributed by atoms with E-state index in [9.17, 15) is 0 Å². The molecule has 3 rings (SSSR count). The van der Waals surface area contributed by atoms with Gasteiger partial charge in [-0.25, -0.2) is 0 Å².